The quantitative estimate of drug-likeness (QED) is 0.231. The average Bonchev–Trinajstić information content (AvgIpc) is 2.92. The van der Waals surface area contributed by atoms with E-state index in [0.717, 1.165) is 69.8 Å². The summed E-state index contributed by atoms with van der Waals surface area (Å²) in [5.74, 6) is 1.52. The maximum Gasteiger partial charge on any atom is 0.159 e. The number of aryl methyl sites for hydroxylation is 1. The lowest BCUT2D eigenvalue weighted by atomic mass is 10.1. The molecule has 7 nitrogen and oxygen atoms in total. The van der Waals surface area contributed by atoms with Gasteiger partial charge in [-0.05, 0) is 60.2 Å². The zero-order valence-corrected chi connectivity index (χ0v) is 21.5. The fraction of sp³-hybridized carbons (Fsp3) is 0.276. The number of oxime groups is 1. The van der Waals surface area contributed by atoms with E-state index in [9.17, 15) is 5.11 Å². The van der Waals surface area contributed by atoms with Gasteiger partial charge in [0.05, 0.1) is 12.3 Å². The molecule has 1 aliphatic heterocycles. The van der Waals surface area contributed by atoms with Crippen LogP contribution in [-0.2, 0) is 18.0 Å². The number of benzene rings is 3. The topological polar surface area (TPSA) is 82.9 Å². The molecular weight excluding hydrogens is 486 g/mol. The lowest BCUT2D eigenvalue weighted by molar-refractivity contribution is 0.132. The van der Waals surface area contributed by atoms with Crippen molar-refractivity contribution < 1.29 is 9.94 Å². The lowest BCUT2D eigenvalue weighted by Crippen LogP contribution is -2.36. The molecule has 0 aliphatic carbocycles. The summed E-state index contributed by atoms with van der Waals surface area (Å²) in [6.07, 6.45) is 2.90. The number of aliphatic hydroxyl groups excluding tert-OH is 1. The third kappa shape index (κ3) is 6.18. The molecule has 1 fully saturated rings. The van der Waals surface area contributed by atoms with E-state index in [1.165, 1.54) is 0 Å². The number of rotatable bonds is 8. The first-order valence-corrected chi connectivity index (χ1v) is 12.9. The number of aliphatic hydroxyl groups is 1. The van der Waals surface area contributed by atoms with Gasteiger partial charge in [0, 0.05) is 35.4 Å². The molecule has 2 heterocycles. The summed E-state index contributed by atoms with van der Waals surface area (Å²) in [7, 11) is 0. The summed E-state index contributed by atoms with van der Waals surface area (Å²) < 4.78 is 0. The zero-order chi connectivity index (χ0) is 25.6. The van der Waals surface area contributed by atoms with Crippen molar-refractivity contribution in [1.29, 1.82) is 0 Å². The van der Waals surface area contributed by atoms with Gasteiger partial charge in [0.2, 0.25) is 0 Å². The summed E-state index contributed by atoms with van der Waals surface area (Å²) in [6.45, 7) is 4.46. The highest BCUT2D eigenvalue weighted by Crippen LogP contribution is 2.31. The molecule has 4 aromatic rings. The largest absolute Gasteiger partial charge is 0.393 e. The molecule has 0 atom stereocenters. The second kappa shape index (κ2) is 11.6. The van der Waals surface area contributed by atoms with Gasteiger partial charge in [-0.3, -0.25) is 0 Å². The maximum absolute atomic E-state index is 9.95. The number of fused-ring (bicyclic) bond motifs is 1. The van der Waals surface area contributed by atoms with Crippen LogP contribution in [0.5, 0.6) is 0 Å². The number of aromatic nitrogens is 2. The van der Waals surface area contributed by atoms with Gasteiger partial charge in [-0.1, -0.05) is 65.3 Å². The monoisotopic (exact) mass is 515 g/mol. The SMILES string of the molecule is Cc1ccc(CNc2nnc(N3CCC(O)CC3)c3ccc(/C=N/OCc4ccccc4)cc23)cc1Cl. The molecule has 2 N–H and O–H groups in total. The predicted octanol–water partition coefficient (Wildman–Crippen LogP) is 5.72. The Hall–Kier alpha value is -3.68. The molecule has 0 unspecified atom stereocenters. The van der Waals surface area contributed by atoms with Crippen LogP contribution in [0.15, 0.2) is 71.9 Å². The first kappa shape index (κ1) is 25.0. The number of nitrogens with one attached hydrogen (secondary N) is 1. The van der Waals surface area contributed by atoms with Crippen molar-refractivity contribution in [2.24, 2.45) is 5.16 Å². The molecule has 190 valence electrons. The van der Waals surface area contributed by atoms with Gasteiger partial charge in [0.15, 0.2) is 11.6 Å². The van der Waals surface area contributed by atoms with Crippen molar-refractivity contribution in [3.05, 3.63) is 94.0 Å². The number of hydrogen-bond donors (Lipinski definition) is 2. The molecule has 5 rings (SSSR count). The van der Waals surface area contributed by atoms with Gasteiger partial charge in [-0.2, -0.15) is 0 Å². The Morgan fingerprint density at radius 3 is 2.62 bits per heavy atom. The number of piperidine rings is 1. The van der Waals surface area contributed by atoms with Crippen LogP contribution in [0.3, 0.4) is 0 Å². The number of halogens is 1. The summed E-state index contributed by atoms with van der Waals surface area (Å²) in [6, 6.07) is 22.1. The van der Waals surface area contributed by atoms with Gasteiger partial charge in [-0.15, -0.1) is 10.2 Å². The van der Waals surface area contributed by atoms with E-state index >= 15 is 0 Å². The summed E-state index contributed by atoms with van der Waals surface area (Å²) in [5.41, 5.74) is 4.07. The van der Waals surface area contributed by atoms with Gasteiger partial charge < -0.3 is 20.2 Å². The smallest absolute Gasteiger partial charge is 0.159 e. The van der Waals surface area contributed by atoms with E-state index in [4.69, 9.17) is 16.4 Å². The Morgan fingerprint density at radius 1 is 1.03 bits per heavy atom. The van der Waals surface area contributed by atoms with Crippen LogP contribution in [0.2, 0.25) is 5.02 Å². The number of nitrogens with zero attached hydrogens (tertiary/aromatic N) is 4. The molecule has 0 amide bonds. The zero-order valence-electron chi connectivity index (χ0n) is 20.8. The van der Waals surface area contributed by atoms with Crippen LogP contribution >= 0.6 is 11.6 Å². The summed E-state index contributed by atoms with van der Waals surface area (Å²) in [4.78, 5) is 7.70. The fourth-order valence-corrected chi connectivity index (χ4v) is 4.60. The van der Waals surface area contributed by atoms with E-state index in [-0.39, 0.29) is 6.10 Å². The molecule has 0 bridgehead atoms. The van der Waals surface area contributed by atoms with Crippen LogP contribution < -0.4 is 10.2 Å². The molecule has 0 saturated carbocycles. The predicted molar refractivity (Wildman–Crippen MR) is 149 cm³/mol. The Kier molecular flexibility index (Phi) is 7.82. The molecule has 0 spiro atoms. The third-order valence-corrected chi connectivity index (χ3v) is 7.00. The molecule has 8 heteroatoms. The lowest BCUT2D eigenvalue weighted by Gasteiger charge is -2.31. The van der Waals surface area contributed by atoms with E-state index < -0.39 is 0 Å². The van der Waals surface area contributed by atoms with Crippen LogP contribution in [0.1, 0.15) is 35.1 Å². The van der Waals surface area contributed by atoms with Crippen molar-refractivity contribution in [1.82, 2.24) is 10.2 Å². The minimum absolute atomic E-state index is 0.253. The molecular formula is C29H30ClN5O2. The molecule has 3 aromatic carbocycles. The molecule has 1 aliphatic rings. The van der Waals surface area contributed by atoms with Gasteiger partial charge in [0.1, 0.15) is 6.61 Å². The van der Waals surface area contributed by atoms with Gasteiger partial charge in [-0.25, -0.2) is 0 Å². The Morgan fingerprint density at radius 2 is 1.84 bits per heavy atom. The van der Waals surface area contributed by atoms with Crippen LogP contribution in [-0.4, -0.2) is 40.7 Å². The van der Waals surface area contributed by atoms with E-state index in [2.05, 4.69) is 37.7 Å². The van der Waals surface area contributed by atoms with Crippen molar-refractivity contribution in [3.63, 3.8) is 0 Å². The molecule has 1 aromatic heterocycles. The normalized spacial score (nSPS) is 14.4. The van der Waals surface area contributed by atoms with E-state index in [1.54, 1.807) is 6.21 Å². The second-order valence-electron chi connectivity index (χ2n) is 9.33. The highest BCUT2D eigenvalue weighted by atomic mass is 35.5. The Labute approximate surface area is 221 Å². The number of anilines is 2. The van der Waals surface area contributed by atoms with Crippen molar-refractivity contribution >= 4 is 40.2 Å². The standard InChI is InChI=1S/C29H30ClN5O2/c1-20-7-8-23(16-27(20)30)17-31-28-26-15-22(18-32-37-19-21-5-3-2-4-6-21)9-10-25(26)29(34-33-28)35-13-11-24(36)12-14-35/h2-10,15-16,18,24,36H,11-14,17,19H2,1H3,(H,31,33)/b32-18+. The van der Waals surface area contributed by atoms with E-state index in [0.29, 0.717) is 19.0 Å². The number of hydrogen-bond acceptors (Lipinski definition) is 7. The minimum Gasteiger partial charge on any atom is -0.393 e. The average molecular weight is 516 g/mol. The molecule has 1 saturated heterocycles. The highest BCUT2D eigenvalue weighted by molar-refractivity contribution is 6.31. The van der Waals surface area contributed by atoms with Crippen molar-refractivity contribution in [3.8, 4) is 0 Å². The first-order chi connectivity index (χ1) is 18.1. The van der Waals surface area contributed by atoms with Gasteiger partial charge in [0.25, 0.3) is 0 Å². The fourth-order valence-electron chi connectivity index (χ4n) is 4.40. The maximum atomic E-state index is 9.95. The second-order valence-corrected chi connectivity index (χ2v) is 9.73. The minimum atomic E-state index is -0.253. The molecule has 37 heavy (non-hydrogen) atoms. The van der Waals surface area contributed by atoms with Gasteiger partial charge >= 0.3 is 0 Å². The Bertz CT molecular complexity index is 1390. The van der Waals surface area contributed by atoms with Crippen molar-refractivity contribution in [2.75, 3.05) is 23.3 Å². The highest BCUT2D eigenvalue weighted by Gasteiger charge is 2.21. The van der Waals surface area contributed by atoms with E-state index in [1.807, 2.05) is 61.5 Å². The van der Waals surface area contributed by atoms with Crippen LogP contribution in [0.25, 0.3) is 10.8 Å². The molecule has 0 radical (unpaired) electrons. The van der Waals surface area contributed by atoms with Crippen LogP contribution in [0.4, 0.5) is 11.6 Å². The first-order valence-electron chi connectivity index (χ1n) is 12.5. The van der Waals surface area contributed by atoms with Crippen LogP contribution in [0, 0.1) is 6.92 Å². The summed E-state index contributed by atoms with van der Waals surface area (Å²) in [5, 5.41) is 29.4. The van der Waals surface area contributed by atoms with Crippen molar-refractivity contribution in [2.45, 2.75) is 39.0 Å². The Balaban J connectivity index is 1.41. The third-order valence-electron chi connectivity index (χ3n) is 6.59. The summed E-state index contributed by atoms with van der Waals surface area (Å²) >= 11 is 6.32.